The number of nitro benzene ring substituents is 1. The highest BCUT2D eigenvalue weighted by molar-refractivity contribution is 6.31. The van der Waals surface area contributed by atoms with E-state index in [1.165, 1.54) is 24.3 Å². The third kappa shape index (κ3) is 4.39. The number of carbonyl (C=O) groups excluding carboxylic acids is 1. The molecule has 0 saturated heterocycles. The van der Waals surface area contributed by atoms with E-state index < -0.39 is 10.8 Å². The number of nitrogens with zero attached hydrogens (tertiary/aromatic N) is 1. The Balaban J connectivity index is 1.88. The Kier molecular flexibility index (Phi) is 5.76. The lowest BCUT2D eigenvalue weighted by Crippen LogP contribution is -2.14. The average Bonchev–Trinajstić information content (AvgIpc) is 2.70. The number of nitro groups is 1. The van der Waals surface area contributed by atoms with Gasteiger partial charge in [-0.15, -0.1) is 0 Å². The summed E-state index contributed by atoms with van der Waals surface area (Å²) >= 11 is 6.04. The second-order valence-electron chi connectivity index (χ2n) is 5.65. The van der Waals surface area contributed by atoms with Gasteiger partial charge in [-0.3, -0.25) is 14.9 Å². The Hall–Kier alpha value is -3.58. The van der Waals surface area contributed by atoms with E-state index in [0.717, 1.165) is 0 Å². The van der Waals surface area contributed by atoms with Crippen molar-refractivity contribution in [2.45, 2.75) is 0 Å². The number of halogens is 1. The van der Waals surface area contributed by atoms with Crippen molar-refractivity contribution < 1.29 is 19.2 Å². The van der Waals surface area contributed by atoms with Crippen LogP contribution in [0.1, 0.15) is 10.4 Å². The highest BCUT2D eigenvalue weighted by Crippen LogP contribution is 2.33. The molecule has 1 amide bonds. The summed E-state index contributed by atoms with van der Waals surface area (Å²) in [6, 6.07) is 17.3. The van der Waals surface area contributed by atoms with Gasteiger partial charge in [-0.25, -0.2) is 0 Å². The summed E-state index contributed by atoms with van der Waals surface area (Å²) in [5.74, 6) is 0.883. The predicted octanol–water partition coefficient (Wildman–Crippen LogP) is 5.30. The van der Waals surface area contributed by atoms with Gasteiger partial charge in [-0.1, -0.05) is 23.7 Å². The molecule has 3 aromatic rings. The Bertz CT molecular complexity index is 1020. The SMILES string of the molecule is COc1ccc(Oc2ccc(Cl)cc2NC(=O)c2ccccc2[N+](=O)[O-])cc1. The molecule has 0 unspecified atom stereocenters. The Labute approximate surface area is 165 Å². The van der Waals surface area contributed by atoms with E-state index in [-0.39, 0.29) is 16.9 Å². The fraction of sp³-hybridized carbons (Fsp3) is 0.0500. The molecule has 0 bridgehead atoms. The summed E-state index contributed by atoms with van der Waals surface area (Å²) in [4.78, 5) is 23.2. The maximum atomic E-state index is 12.6. The van der Waals surface area contributed by atoms with E-state index >= 15 is 0 Å². The van der Waals surface area contributed by atoms with Gasteiger partial charge in [0.05, 0.1) is 17.7 Å². The van der Waals surface area contributed by atoms with Gasteiger partial charge in [0, 0.05) is 11.1 Å². The van der Waals surface area contributed by atoms with Crippen LogP contribution < -0.4 is 14.8 Å². The van der Waals surface area contributed by atoms with Gasteiger partial charge >= 0.3 is 0 Å². The Morgan fingerprint density at radius 1 is 1.04 bits per heavy atom. The van der Waals surface area contributed by atoms with Gasteiger partial charge in [-0.05, 0) is 48.5 Å². The normalized spacial score (nSPS) is 10.2. The van der Waals surface area contributed by atoms with Crippen LogP contribution in [0.25, 0.3) is 0 Å². The summed E-state index contributed by atoms with van der Waals surface area (Å²) < 4.78 is 10.9. The fourth-order valence-electron chi connectivity index (χ4n) is 2.47. The molecule has 1 N–H and O–H groups in total. The number of benzene rings is 3. The smallest absolute Gasteiger partial charge is 0.282 e. The maximum Gasteiger partial charge on any atom is 0.282 e. The molecule has 0 saturated carbocycles. The van der Waals surface area contributed by atoms with E-state index in [9.17, 15) is 14.9 Å². The number of hydrogen-bond donors (Lipinski definition) is 1. The number of rotatable bonds is 6. The molecule has 0 aliphatic rings. The quantitative estimate of drug-likeness (QED) is 0.449. The molecule has 0 aromatic heterocycles. The summed E-state index contributed by atoms with van der Waals surface area (Å²) in [6.07, 6.45) is 0. The minimum atomic E-state index is -0.644. The van der Waals surface area contributed by atoms with Gasteiger partial charge in [0.2, 0.25) is 0 Å². The molecule has 0 aliphatic carbocycles. The fourth-order valence-corrected chi connectivity index (χ4v) is 2.65. The lowest BCUT2D eigenvalue weighted by atomic mass is 10.1. The molecule has 0 radical (unpaired) electrons. The molecule has 142 valence electrons. The highest BCUT2D eigenvalue weighted by atomic mass is 35.5. The monoisotopic (exact) mass is 398 g/mol. The van der Waals surface area contributed by atoms with Crippen LogP contribution >= 0.6 is 11.6 Å². The van der Waals surface area contributed by atoms with Gasteiger partial charge in [-0.2, -0.15) is 0 Å². The van der Waals surface area contributed by atoms with Crippen molar-refractivity contribution in [3.05, 3.63) is 87.4 Å². The minimum absolute atomic E-state index is 0.0668. The topological polar surface area (TPSA) is 90.7 Å². The van der Waals surface area contributed by atoms with Crippen LogP contribution in [-0.2, 0) is 0 Å². The maximum absolute atomic E-state index is 12.6. The molecule has 0 aliphatic heterocycles. The average molecular weight is 399 g/mol. The van der Waals surface area contributed by atoms with Crippen molar-refractivity contribution in [1.29, 1.82) is 0 Å². The second-order valence-corrected chi connectivity index (χ2v) is 6.08. The molecule has 3 aromatic carbocycles. The zero-order valence-corrected chi connectivity index (χ0v) is 15.5. The Morgan fingerprint density at radius 3 is 2.39 bits per heavy atom. The van der Waals surface area contributed by atoms with Crippen LogP contribution in [0, 0.1) is 10.1 Å². The lowest BCUT2D eigenvalue weighted by molar-refractivity contribution is -0.385. The van der Waals surface area contributed by atoms with E-state index in [0.29, 0.717) is 22.3 Å². The standard InChI is InChI=1S/C20H15ClN2O5/c1-27-14-7-9-15(10-8-14)28-19-11-6-13(21)12-17(19)22-20(24)16-4-2-3-5-18(16)23(25)26/h2-12H,1H3,(H,22,24). The summed E-state index contributed by atoms with van der Waals surface area (Å²) in [6.45, 7) is 0. The van der Waals surface area contributed by atoms with Crippen LogP contribution in [0.3, 0.4) is 0 Å². The van der Waals surface area contributed by atoms with Crippen molar-refractivity contribution in [2.75, 3.05) is 12.4 Å². The van der Waals surface area contributed by atoms with E-state index in [1.54, 1.807) is 49.6 Å². The van der Waals surface area contributed by atoms with Crippen LogP contribution in [-0.4, -0.2) is 17.9 Å². The first-order valence-electron chi connectivity index (χ1n) is 8.14. The van der Waals surface area contributed by atoms with Crippen molar-refractivity contribution in [2.24, 2.45) is 0 Å². The summed E-state index contributed by atoms with van der Waals surface area (Å²) in [7, 11) is 1.56. The van der Waals surface area contributed by atoms with Crippen molar-refractivity contribution in [3.8, 4) is 17.2 Å². The first-order valence-corrected chi connectivity index (χ1v) is 8.52. The number of methoxy groups -OCH3 is 1. The van der Waals surface area contributed by atoms with Crippen LogP contribution in [0.5, 0.6) is 17.2 Å². The summed E-state index contributed by atoms with van der Waals surface area (Å²) in [5.41, 5.74) is -0.0750. The number of nitrogens with one attached hydrogen (secondary N) is 1. The number of ether oxygens (including phenoxy) is 2. The molecule has 8 heteroatoms. The number of hydrogen-bond acceptors (Lipinski definition) is 5. The molecule has 0 heterocycles. The highest BCUT2D eigenvalue weighted by Gasteiger charge is 2.20. The molecule has 28 heavy (non-hydrogen) atoms. The molecule has 0 spiro atoms. The van der Waals surface area contributed by atoms with Gasteiger partial charge < -0.3 is 14.8 Å². The van der Waals surface area contributed by atoms with Crippen LogP contribution in [0.4, 0.5) is 11.4 Å². The zero-order chi connectivity index (χ0) is 20.1. The Morgan fingerprint density at radius 2 is 1.71 bits per heavy atom. The minimum Gasteiger partial charge on any atom is -0.497 e. The van der Waals surface area contributed by atoms with E-state index in [1.807, 2.05) is 0 Å². The molecular formula is C20H15ClN2O5. The van der Waals surface area contributed by atoms with Gasteiger partial charge in [0.15, 0.2) is 5.75 Å². The number of amides is 1. The first-order chi connectivity index (χ1) is 13.5. The molecule has 0 fully saturated rings. The second kappa shape index (κ2) is 8.41. The molecule has 3 rings (SSSR count). The third-order valence-corrected chi connectivity index (χ3v) is 4.06. The third-order valence-electron chi connectivity index (χ3n) is 3.82. The molecule has 7 nitrogen and oxygen atoms in total. The molecule has 0 atom stereocenters. The van der Waals surface area contributed by atoms with Crippen molar-refractivity contribution in [1.82, 2.24) is 0 Å². The number of carbonyl (C=O) groups is 1. The van der Waals surface area contributed by atoms with Gasteiger partial charge in [0.1, 0.15) is 17.1 Å². The van der Waals surface area contributed by atoms with E-state index in [2.05, 4.69) is 5.32 Å². The predicted molar refractivity (Wildman–Crippen MR) is 106 cm³/mol. The largest absolute Gasteiger partial charge is 0.497 e. The number of para-hydroxylation sites is 1. The van der Waals surface area contributed by atoms with Crippen LogP contribution in [0.2, 0.25) is 5.02 Å². The summed E-state index contributed by atoms with van der Waals surface area (Å²) in [5, 5.41) is 14.2. The van der Waals surface area contributed by atoms with Crippen molar-refractivity contribution in [3.63, 3.8) is 0 Å². The van der Waals surface area contributed by atoms with E-state index in [4.69, 9.17) is 21.1 Å². The first kappa shape index (κ1) is 19.2. The lowest BCUT2D eigenvalue weighted by Gasteiger charge is -2.13. The van der Waals surface area contributed by atoms with Gasteiger partial charge in [0.25, 0.3) is 11.6 Å². The zero-order valence-electron chi connectivity index (χ0n) is 14.7. The van der Waals surface area contributed by atoms with Crippen molar-refractivity contribution >= 4 is 28.9 Å². The number of anilines is 1. The molecular weight excluding hydrogens is 384 g/mol. The van der Waals surface area contributed by atoms with Crippen LogP contribution in [0.15, 0.2) is 66.7 Å².